The molecule has 0 aliphatic carbocycles. The van der Waals surface area contributed by atoms with Gasteiger partial charge in [0.25, 0.3) is 0 Å². The van der Waals surface area contributed by atoms with Crippen molar-refractivity contribution >= 4 is 44.3 Å². The lowest BCUT2D eigenvalue weighted by Gasteiger charge is -2.31. The minimum absolute atomic E-state index is 0.00695. The summed E-state index contributed by atoms with van der Waals surface area (Å²) in [5, 5.41) is 3.92. The molecule has 1 aromatic carbocycles. The number of aromatic nitrogens is 1. The van der Waals surface area contributed by atoms with Crippen LogP contribution in [0.25, 0.3) is 10.2 Å². The molecule has 1 N–H and O–H groups in total. The minimum Gasteiger partial charge on any atom is -0.466 e. The Morgan fingerprint density at radius 1 is 1.19 bits per heavy atom. The van der Waals surface area contributed by atoms with Crippen molar-refractivity contribution in [3.8, 4) is 0 Å². The van der Waals surface area contributed by atoms with Crippen molar-refractivity contribution in [2.24, 2.45) is 0 Å². The Morgan fingerprint density at radius 2 is 1.93 bits per heavy atom. The number of carbonyl (C=O) groups is 2. The van der Waals surface area contributed by atoms with E-state index >= 15 is 0 Å². The molecule has 0 radical (unpaired) electrons. The fourth-order valence-electron chi connectivity index (χ4n) is 2.71. The fraction of sp³-hybridized carbons (Fsp3) is 0.389. The smallest absolute Gasteiger partial charge is 0.354 e. The second kappa shape index (κ2) is 8.36. The summed E-state index contributed by atoms with van der Waals surface area (Å²) < 4.78 is 10.3. The molecule has 9 heteroatoms. The lowest BCUT2D eigenvalue weighted by atomic mass is 10.2. The van der Waals surface area contributed by atoms with Crippen molar-refractivity contribution in [2.75, 3.05) is 57.7 Å². The first-order chi connectivity index (χ1) is 13.0. The molecule has 1 aromatic heterocycles. The van der Waals surface area contributed by atoms with E-state index in [9.17, 15) is 9.59 Å². The maximum absolute atomic E-state index is 11.9. The van der Waals surface area contributed by atoms with Crippen LogP contribution in [0.15, 0.2) is 30.0 Å². The van der Waals surface area contributed by atoms with Crippen molar-refractivity contribution in [1.29, 1.82) is 0 Å². The quantitative estimate of drug-likeness (QED) is 0.610. The standard InChI is InChI=1S/C18H22N4O4S/c1-21-6-8-22(9-7-21)18-20-13-5-4-12(10-15(13)27-18)19-14(17(24)26-3)11-16(23)25-2/h4-5,10-11,19H,6-9H2,1-3H3/b14-11+. The summed E-state index contributed by atoms with van der Waals surface area (Å²) in [7, 11) is 4.62. The molecule has 0 amide bonds. The average molecular weight is 390 g/mol. The van der Waals surface area contributed by atoms with Gasteiger partial charge in [0.05, 0.1) is 30.5 Å². The molecule has 8 nitrogen and oxygen atoms in total. The summed E-state index contributed by atoms with van der Waals surface area (Å²) in [5.41, 5.74) is 1.57. The van der Waals surface area contributed by atoms with E-state index in [1.165, 1.54) is 14.2 Å². The van der Waals surface area contributed by atoms with Gasteiger partial charge in [0.15, 0.2) is 5.13 Å². The minimum atomic E-state index is -0.650. The topological polar surface area (TPSA) is 84.0 Å². The van der Waals surface area contributed by atoms with E-state index in [2.05, 4.69) is 26.9 Å². The van der Waals surface area contributed by atoms with Crippen molar-refractivity contribution in [3.05, 3.63) is 30.0 Å². The van der Waals surface area contributed by atoms with Gasteiger partial charge < -0.3 is 24.6 Å². The Morgan fingerprint density at radius 3 is 2.59 bits per heavy atom. The van der Waals surface area contributed by atoms with Crippen LogP contribution in [-0.2, 0) is 19.1 Å². The number of carbonyl (C=O) groups excluding carboxylic acids is 2. The third kappa shape index (κ3) is 4.55. The zero-order valence-corrected chi connectivity index (χ0v) is 16.3. The summed E-state index contributed by atoms with van der Waals surface area (Å²) in [6, 6.07) is 5.60. The lowest BCUT2D eigenvalue weighted by Crippen LogP contribution is -2.44. The summed E-state index contributed by atoms with van der Waals surface area (Å²) >= 11 is 1.61. The number of piperazine rings is 1. The first-order valence-electron chi connectivity index (χ1n) is 8.49. The normalized spacial score (nSPS) is 15.7. The summed E-state index contributed by atoms with van der Waals surface area (Å²) in [6.45, 7) is 3.94. The fourth-order valence-corrected chi connectivity index (χ4v) is 3.77. The molecule has 0 spiro atoms. The highest BCUT2D eigenvalue weighted by molar-refractivity contribution is 7.22. The number of thiazole rings is 1. The Kier molecular flexibility index (Phi) is 5.92. The molecule has 0 bridgehead atoms. The van der Waals surface area contributed by atoms with E-state index in [0.717, 1.165) is 47.6 Å². The third-order valence-corrected chi connectivity index (χ3v) is 5.38. The molecule has 1 fully saturated rings. The number of benzene rings is 1. The molecule has 2 aromatic rings. The third-order valence-electron chi connectivity index (χ3n) is 4.30. The van der Waals surface area contributed by atoms with Gasteiger partial charge in [-0.05, 0) is 25.2 Å². The predicted octanol–water partition coefficient (Wildman–Crippen LogP) is 1.69. The highest BCUT2D eigenvalue weighted by atomic mass is 32.1. The summed E-state index contributed by atoms with van der Waals surface area (Å²) in [5.74, 6) is -1.29. The molecule has 0 atom stereocenters. The van der Waals surface area contributed by atoms with Gasteiger partial charge in [-0.2, -0.15) is 0 Å². The number of anilines is 2. The Labute approximate surface area is 161 Å². The van der Waals surface area contributed by atoms with Crippen LogP contribution in [0.5, 0.6) is 0 Å². The number of rotatable bonds is 5. The van der Waals surface area contributed by atoms with E-state index in [1.54, 1.807) is 11.3 Å². The molecule has 0 saturated carbocycles. The van der Waals surface area contributed by atoms with Crippen LogP contribution in [-0.4, -0.2) is 69.3 Å². The van der Waals surface area contributed by atoms with Crippen molar-refractivity contribution in [1.82, 2.24) is 9.88 Å². The zero-order chi connectivity index (χ0) is 19.4. The number of hydrogen-bond acceptors (Lipinski definition) is 9. The van der Waals surface area contributed by atoms with Crippen molar-refractivity contribution < 1.29 is 19.1 Å². The van der Waals surface area contributed by atoms with Gasteiger partial charge in [0.2, 0.25) is 0 Å². The van der Waals surface area contributed by atoms with Gasteiger partial charge in [-0.15, -0.1) is 0 Å². The van der Waals surface area contributed by atoms with Gasteiger partial charge in [-0.25, -0.2) is 14.6 Å². The summed E-state index contributed by atoms with van der Waals surface area (Å²) in [6.07, 6.45) is 1.07. The number of esters is 2. The molecule has 3 rings (SSSR count). The first kappa shape index (κ1) is 19.1. The largest absolute Gasteiger partial charge is 0.466 e. The molecule has 144 valence electrons. The maximum atomic E-state index is 11.9. The number of likely N-dealkylation sites (N-methyl/N-ethyl adjacent to an activating group) is 1. The van der Waals surface area contributed by atoms with Crippen molar-refractivity contribution in [2.45, 2.75) is 0 Å². The Balaban J connectivity index is 1.82. The zero-order valence-electron chi connectivity index (χ0n) is 15.5. The molecular weight excluding hydrogens is 368 g/mol. The van der Waals surface area contributed by atoms with Crippen LogP contribution in [0.4, 0.5) is 10.8 Å². The van der Waals surface area contributed by atoms with Gasteiger partial charge in [0, 0.05) is 31.9 Å². The van der Waals surface area contributed by atoms with Crippen LogP contribution in [0.1, 0.15) is 0 Å². The number of methoxy groups -OCH3 is 2. The van der Waals surface area contributed by atoms with Gasteiger partial charge >= 0.3 is 11.9 Å². The number of nitrogens with one attached hydrogen (secondary N) is 1. The Hall–Kier alpha value is -2.65. The van der Waals surface area contributed by atoms with Crippen LogP contribution in [0, 0.1) is 0 Å². The first-order valence-corrected chi connectivity index (χ1v) is 9.31. The second-order valence-electron chi connectivity index (χ2n) is 6.17. The van der Waals surface area contributed by atoms with Crippen LogP contribution in [0.3, 0.4) is 0 Å². The van der Waals surface area contributed by atoms with E-state index in [0.29, 0.717) is 5.69 Å². The maximum Gasteiger partial charge on any atom is 0.354 e. The number of fused-ring (bicyclic) bond motifs is 1. The average Bonchev–Trinajstić information content (AvgIpc) is 3.10. The molecule has 1 saturated heterocycles. The van der Waals surface area contributed by atoms with E-state index < -0.39 is 11.9 Å². The number of nitrogens with zero attached hydrogens (tertiary/aromatic N) is 3. The molecular formula is C18H22N4O4S. The highest BCUT2D eigenvalue weighted by Gasteiger charge is 2.18. The molecule has 1 aliphatic rings. The predicted molar refractivity (Wildman–Crippen MR) is 105 cm³/mol. The number of ether oxygens (including phenoxy) is 2. The summed E-state index contributed by atoms with van der Waals surface area (Å²) in [4.78, 5) is 32.7. The SMILES string of the molecule is COC(=O)/C=C(/Nc1ccc2nc(N3CCN(C)CC3)sc2c1)C(=O)OC. The monoisotopic (exact) mass is 390 g/mol. The molecule has 27 heavy (non-hydrogen) atoms. The van der Waals surface area contributed by atoms with Crippen LogP contribution >= 0.6 is 11.3 Å². The molecule has 0 unspecified atom stereocenters. The molecule has 1 aliphatic heterocycles. The number of hydrogen-bond donors (Lipinski definition) is 1. The molecule has 2 heterocycles. The lowest BCUT2D eigenvalue weighted by molar-refractivity contribution is -0.138. The van der Waals surface area contributed by atoms with Crippen LogP contribution < -0.4 is 10.2 Å². The van der Waals surface area contributed by atoms with E-state index in [-0.39, 0.29) is 5.70 Å². The van der Waals surface area contributed by atoms with Gasteiger partial charge in [-0.3, -0.25) is 0 Å². The van der Waals surface area contributed by atoms with E-state index in [4.69, 9.17) is 9.72 Å². The Bertz CT molecular complexity index is 871. The second-order valence-corrected chi connectivity index (χ2v) is 7.18. The van der Waals surface area contributed by atoms with Crippen LogP contribution in [0.2, 0.25) is 0 Å². The van der Waals surface area contributed by atoms with Gasteiger partial charge in [-0.1, -0.05) is 11.3 Å². The van der Waals surface area contributed by atoms with E-state index in [1.807, 2.05) is 18.2 Å². The van der Waals surface area contributed by atoms with Gasteiger partial charge in [0.1, 0.15) is 5.70 Å². The highest BCUT2D eigenvalue weighted by Crippen LogP contribution is 2.31. The van der Waals surface area contributed by atoms with Crippen molar-refractivity contribution in [3.63, 3.8) is 0 Å².